The molecule has 0 atom stereocenters. The van der Waals surface area contributed by atoms with Crippen molar-refractivity contribution in [1.29, 1.82) is 0 Å². The van der Waals surface area contributed by atoms with Gasteiger partial charge in [-0.25, -0.2) is 0 Å². The van der Waals surface area contributed by atoms with E-state index in [-0.39, 0.29) is 11.9 Å². The van der Waals surface area contributed by atoms with Gasteiger partial charge in [-0.15, -0.1) is 0 Å². The maximum absolute atomic E-state index is 11.9. The summed E-state index contributed by atoms with van der Waals surface area (Å²) in [5.41, 5.74) is 0.483. The molecule has 0 aromatic rings. The van der Waals surface area contributed by atoms with E-state index in [1.165, 1.54) is 38.5 Å². The van der Waals surface area contributed by atoms with Gasteiger partial charge in [-0.1, -0.05) is 13.3 Å². The monoisotopic (exact) mass is 364 g/mol. The van der Waals surface area contributed by atoms with E-state index < -0.39 is 0 Å². The summed E-state index contributed by atoms with van der Waals surface area (Å²) in [7, 11) is 0. The fourth-order valence-corrected chi connectivity index (χ4v) is 5.99. The van der Waals surface area contributed by atoms with Crippen LogP contribution >= 0.6 is 0 Å². The van der Waals surface area contributed by atoms with E-state index in [1.54, 1.807) is 0 Å². The fraction of sp³-hybridized carbons (Fsp3) is 0.909. The van der Waals surface area contributed by atoms with Gasteiger partial charge in [-0.3, -0.25) is 9.59 Å². The molecule has 0 saturated heterocycles. The minimum absolute atomic E-state index is 0.103. The van der Waals surface area contributed by atoms with Gasteiger partial charge in [0.05, 0.1) is 13.2 Å². The molecule has 4 rings (SSSR count). The summed E-state index contributed by atoms with van der Waals surface area (Å²) in [6.45, 7) is 3.18. The van der Waals surface area contributed by atoms with Crippen molar-refractivity contribution in [2.75, 3.05) is 13.2 Å². The molecule has 0 unspecified atom stereocenters. The predicted octanol–water partition coefficient (Wildman–Crippen LogP) is 5.04. The van der Waals surface area contributed by atoms with Gasteiger partial charge >= 0.3 is 11.9 Å². The van der Waals surface area contributed by atoms with Crippen molar-refractivity contribution in [3.63, 3.8) is 0 Å². The van der Waals surface area contributed by atoms with E-state index in [1.807, 2.05) is 0 Å². The van der Waals surface area contributed by atoms with E-state index in [2.05, 4.69) is 6.92 Å². The molecule has 4 heteroatoms. The first-order valence-electron chi connectivity index (χ1n) is 10.9. The lowest BCUT2D eigenvalue weighted by molar-refractivity contribution is -0.147. The average Bonchev–Trinajstić information content (AvgIpc) is 2.57. The summed E-state index contributed by atoms with van der Waals surface area (Å²) in [5.74, 6) is 2.61. The molecule has 0 N–H and O–H groups in total. The van der Waals surface area contributed by atoms with Crippen LogP contribution in [0.2, 0.25) is 0 Å². The van der Waals surface area contributed by atoms with Crippen LogP contribution in [0.4, 0.5) is 0 Å². The minimum Gasteiger partial charge on any atom is -0.466 e. The Kier molecular flexibility index (Phi) is 6.99. The molecule has 0 aromatic heterocycles. The molecule has 26 heavy (non-hydrogen) atoms. The standard InChI is InChI=1S/C22H36O4/c1-2-3-9-25-20(23)6-4-5-7-21(24)26-10-8-22-14-17-11-18(15-22)13-19(12-17)16-22/h17-19H,2-16H2,1H3. The average molecular weight is 365 g/mol. The van der Waals surface area contributed by atoms with Gasteiger partial charge in [-0.05, 0) is 87.4 Å². The van der Waals surface area contributed by atoms with Crippen molar-refractivity contribution in [3.8, 4) is 0 Å². The second kappa shape index (κ2) is 9.23. The summed E-state index contributed by atoms with van der Waals surface area (Å²) in [5, 5.41) is 0. The number of unbranched alkanes of at least 4 members (excludes halogenated alkanes) is 2. The zero-order chi connectivity index (χ0) is 18.4. The SMILES string of the molecule is CCCCOC(=O)CCCCC(=O)OCCC12CC3CC(CC(C3)C1)C2. The largest absolute Gasteiger partial charge is 0.466 e. The molecule has 0 aromatic carbocycles. The maximum atomic E-state index is 11.9. The van der Waals surface area contributed by atoms with Crippen molar-refractivity contribution in [2.45, 2.75) is 90.4 Å². The third-order valence-corrected chi connectivity index (χ3v) is 6.83. The van der Waals surface area contributed by atoms with Crippen LogP contribution in [0.5, 0.6) is 0 Å². The summed E-state index contributed by atoms with van der Waals surface area (Å²) >= 11 is 0. The van der Waals surface area contributed by atoms with Crippen LogP contribution in [-0.2, 0) is 19.1 Å². The van der Waals surface area contributed by atoms with Gasteiger partial charge in [0.1, 0.15) is 0 Å². The van der Waals surface area contributed by atoms with Crippen LogP contribution in [0.25, 0.3) is 0 Å². The Labute approximate surface area is 158 Å². The Morgan fingerprint density at radius 2 is 1.31 bits per heavy atom. The van der Waals surface area contributed by atoms with E-state index in [4.69, 9.17) is 9.47 Å². The summed E-state index contributed by atoms with van der Waals surface area (Å²) in [4.78, 5) is 23.4. The van der Waals surface area contributed by atoms with Crippen LogP contribution in [0.3, 0.4) is 0 Å². The van der Waals surface area contributed by atoms with E-state index in [0.29, 0.717) is 44.3 Å². The molecule has 4 nitrogen and oxygen atoms in total. The van der Waals surface area contributed by atoms with Crippen LogP contribution < -0.4 is 0 Å². The molecule has 0 heterocycles. The van der Waals surface area contributed by atoms with Crippen LogP contribution in [-0.4, -0.2) is 25.2 Å². The van der Waals surface area contributed by atoms with Gasteiger partial charge < -0.3 is 9.47 Å². The molecule has 0 amide bonds. The number of hydrogen-bond acceptors (Lipinski definition) is 4. The fourth-order valence-electron chi connectivity index (χ4n) is 5.99. The smallest absolute Gasteiger partial charge is 0.305 e. The van der Waals surface area contributed by atoms with Crippen molar-refractivity contribution in [1.82, 2.24) is 0 Å². The normalized spacial score (nSPS) is 31.8. The molecule has 0 radical (unpaired) electrons. The predicted molar refractivity (Wildman–Crippen MR) is 101 cm³/mol. The number of hydrogen-bond donors (Lipinski definition) is 0. The highest BCUT2D eigenvalue weighted by Crippen LogP contribution is 2.61. The Morgan fingerprint density at radius 1 is 0.808 bits per heavy atom. The Balaban J connectivity index is 1.24. The minimum atomic E-state index is -0.145. The Hall–Kier alpha value is -1.06. The molecule has 4 aliphatic rings. The van der Waals surface area contributed by atoms with Crippen molar-refractivity contribution in [3.05, 3.63) is 0 Å². The summed E-state index contributed by atoms with van der Waals surface area (Å²) in [6.07, 6.45) is 13.7. The number of ether oxygens (including phenoxy) is 2. The Bertz CT molecular complexity index is 449. The van der Waals surface area contributed by atoms with E-state index in [9.17, 15) is 9.59 Å². The van der Waals surface area contributed by atoms with Crippen LogP contribution in [0, 0.1) is 23.2 Å². The van der Waals surface area contributed by atoms with Gasteiger partial charge in [0.2, 0.25) is 0 Å². The highest BCUT2D eigenvalue weighted by Gasteiger charge is 2.50. The zero-order valence-corrected chi connectivity index (χ0v) is 16.5. The van der Waals surface area contributed by atoms with Gasteiger partial charge in [0.15, 0.2) is 0 Å². The third kappa shape index (κ3) is 5.47. The van der Waals surface area contributed by atoms with Crippen molar-refractivity contribution in [2.24, 2.45) is 23.2 Å². The van der Waals surface area contributed by atoms with Crippen molar-refractivity contribution >= 4 is 11.9 Å². The van der Waals surface area contributed by atoms with Crippen LogP contribution in [0.1, 0.15) is 90.4 Å². The molecular formula is C22H36O4. The van der Waals surface area contributed by atoms with Gasteiger partial charge in [-0.2, -0.15) is 0 Å². The lowest BCUT2D eigenvalue weighted by Gasteiger charge is -2.57. The molecule has 4 aliphatic carbocycles. The first kappa shape index (κ1) is 19.7. The molecular weight excluding hydrogens is 328 g/mol. The number of carbonyl (C=O) groups excluding carboxylic acids is 2. The van der Waals surface area contributed by atoms with Gasteiger partial charge in [0, 0.05) is 12.8 Å². The molecule has 4 bridgehead atoms. The lowest BCUT2D eigenvalue weighted by atomic mass is 9.49. The summed E-state index contributed by atoms with van der Waals surface area (Å²) in [6, 6.07) is 0. The quantitative estimate of drug-likeness (QED) is 0.381. The first-order chi connectivity index (χ1) is 12.6. The molecule has 4 fully saturated rings. The molecule has 4 saturated carbocycles. The second-order valence-electron chi connectivity index (χ2n) is 9.17. The maximum Gasteiger partial charge on any atom is 0.305 e. The molecule has 0 spiro atoms. The van der Waals surface area contributed by atoms with E-state index in [0.717, 1.165) is 37.0 Å². The van der Waals surface area contributed by atoms with Crippen molar-refractivity contribution < 1.29 is 19.1 Å². The second-order valence-corrected chi connectivity index (χ2v) is 9.17. The lowest BCUT2D eigenvalue weighted by Crippen LogP contribution is -2.46. The molecule has 148 valence electrons. The van der Waals surface area contributed by atoms with Gasteiger partial charge in [0.25, 0.3) is 0 Å². The van der Waals surface area contributed by atoms with E-state index >= 15 is 0 Å². The topological polar surface area (TPSA) is 52.6 Å². The number of carbonyl (C=O) groups is 2. The Morgan fingerprint density at radius 3 is 1.81 bits per heavy atom. The highest BCUT2D eigenvalue weighted by atomic mass is 16.5. The first-order valence-corrected chi connectivity index (χ1v) is 10.9. The number of rotatable bonds is 11. The highest BCUT2D eigenvalue weighted by molar-refractivity contribution is 5.70. The third-order valence-electron chi connectivity index (χ3n) is 6.83. The zero-order valence-electron chi connectivity index (χ0n) is 16.5. The molecule has 0 aliphatic heterocycles. The van der Waals surface area contributed by atoms with Crippen LogP contribution in [0.15, 0.2) is 0 Å². The summed E-state index contributed by atoms with van der Waals surface area (Å²) < 4.78 is 10.6. The number of esters is 2.